The van der Waals surface area contributed by atoms with Gasteiger partial charge in [0.15, 0.2) is 5.60 Å². The highest BCUT2D eigenvalue weighted by atomic mass is 31.2. The molecule has 0 spiro atoms. The molecule has 1 N–H and O–H groups in total. The Morgan fingerprint density at radius 3 is 2.42 bits per heavy atom. The Balaban J connectivity index is 1.93. The summed E-state index contributed by atoms with van der Waals surface area (Å²) in [5.41, 5.74) is 1.97. The summed E-state index contributed by atoms with van der Waals surface area (Å²) < 4.78 is 30.0. The molecule has 0 aromatic heterocycles. The van der Waals surface area contributed by atoms with Crippen LogP contribution in [0.25, 0.3) is 0 Å². The molecule has 0 bridgehead atoms. The average molecular weight is 618 g/mol. The van der Waals surface area contributed by atoms with Crippen molar-refractivity contribution in [2.24, 2.45) is 5.92 Å². The van der Waals surface area contributed by atoms with Crippen LogP contribution in [-0.4, -0.2) is 23.3 Å². The Labute approximate surface area is 259 Å². The maximum Gasteiger partial charge on any atom is 0.344 e. The van der Waals surface area contributed by atoms with Gasteiger partial charge in [-0.1, -0.05) is 82.6 Å². The van der Waals surface area contributed by atoms with E-state index in [1.165, 1.54) is 5.57 Å². The number of aryl methyl sites for hydroxylation is 1. The van der Waals surface area contributed by atoms with Gasteiger partial charge in [0.1, 0.15) is 11.5 Å². The molecule has 1 aromatic carbocycles. The maximum absolute atomic E-state index is 14.0. The minimum atomic E-state index is -4.77. The second kappa shape index (κ2) is 17.0. The topological polar surface area (TPSA) is 105 Å². The first-order valence-electron chi connectivity index (χ1n) is 16.6. The molecule has 0 radical (unpaired) electrons. The molecule has 8 heteroatoms. The summed E-state index contributed by atoms with van der Waals surface area (Å²) in [6.07, 6.45) is 15.1. The number of phenolic OH excluding ortho intramolecular Hbond substituents is 1. The average Bonchev–Trinajstić information content (AvgIpc) is 2.95. The summed E-state index contributed by atoms with van der Waals surface area (Å²) in [6, 6.07) is 3.62. The van der Waals surface area contributed by atoms with E-state index < -0.39 is 19.4 Å². The summed E-state index contributed by atoms with van der Waals surface area (Å²) in [7, 11) is -4.77. The van der Waals surface area contributed by atoms with E-state index in [9.17, 15) is 19.4 Å². The van der Waals surface area contributed by atoms with Gasteiger partial charge in [-0.15, -0.1) is 0 Å². The highest BCUT2D eigenvalue weighted by Gasteiger charge is 2.46. The number of benzene rings is 1. The second-order valence-corrected chi connectivity index (χ2v) is 14.1. The van der Waals surface area contributed by atoms with Crippen molar-refractivity contribution in [1.82, 2.24) is 0 Å². The third-order valence-electron chi connectivity index (χ3n) is 8.98. The van der Waals surface area contributed by atoms with E-state index >= 15 is 0 Å². The van der Waals surface area contributed by atoms with Crippen LogP contribution in [0.3, 0.4) is 0 Å². The van der Waals surface area contributed by atoms with E-state index in [0.29, 0.717) is 24.8 Å². The molecule has 1 saturated carbocycles. The van der Waals surface area contributed by atoms with Crippen LogP contribution in [-0.2, 0) is 24.8 Å². The smallest absolute Gasteiger partial charge is 0.344 e. The Morgan fingerprint density at radius 1 is 1.07 bits per heavy atom. The summed E-state index contributed by atoms with van der Waals surface area (Å²) in [5.74, 6) is -0.540. The normalized spacial score (nSPS) is 21.6. The number of hydrogen-bond donors (Lipinski definition) is 1. The highest BCUT2D eigenvalue weighted by Crippen LogP contribution is 2.50. The molecule has 1 fully saturated rings. The van der Waals surface area contributed by atoms with Crippen molar-refractivity contribution in [1.29, 1.82) is 0 Å². The number of ether oxygens (including phenoxy) is 1. The molecule has 7 nitrogen and oxygen atoms in total. The SMILES string of the molecule is C=C(C)[C@@H]1CCC(C)=C[C@H]1c1c(O)cc(CCCCC)cc1OC(=O)C1(OP(=O)([O-])OCCCCCCC)CCCCC1. The van der Waals surface area contributed by atoms with Crippen molar-refractivity contribution in [3.05, 3.63) is 47.1 Å². The lowest BCUT2D eigenvalue weighted by Crippen LogP contribution is -2.46. The number of phosphoric acid groups is 1. The van der Waals surface area contributed by atoms with E-state index in [0.717, 1.165) is 81.8 Å². The predicted molar refractivity (Wildman–Crippen MR) is 170 cm³/mol. The van der Waals surface area contributed by atoms with Crippen molar-refractivity contribution < 1.29 is 33.1 Å². The zero-order chi connectivity index (χ0) is 31.5. The van der Waals surface area contributed by atoms with Gasteiger partial charge in [-0.05, 0) is 95.2 Å². The second-order valence-electron chi connectivity index (χ2n) is 12.7. The van der Waals surface area contributed by atoms with Gasteiger partial charge in [-0.3, -0.25) is 9.09 Å². The monoisotopic (exact) mass is 617 g/mol. The molecule has 2 aliphatic carbocycles. The van der Waals surface area contributed by atoms with E-state index in [2.05, 4.69) is 33.4 Å². The Kier molecular flexibility index (Phi) is 14.0. The van der Waals surface area contributed by atoms with Gasteiger partial charge >= 0.3 is 5.97 Å². The molecule has 0 amide bonds. The number of rotatable bonds is 17. The fraction of sp³-hybridized carbons (Fsp3) is 0.686. The first-order valence-corrected chi connectivity index (χ1v) is 18.0. The van der Waals surface area contributed by atoms with Crippen LogP contribution >= 0.6 is 7.82 Å². The Bertz CT molecular complexity index is 1150. The van der Waals surface area contributed by atoms with E-state index in [-0.39, 0.29) is 42.8 Å². The highest BCUT2D eigenvalue weighted by molar-refractivity contribution is 7.46. The Morgan fingerprint density at radius 2 is 1.74 bits per heavy atom. The third kappa shape index (κ3) is 10.3. The van der Waals surface area contributed by atoms with Crippen LogP contribution in [0.5, 0.6) is 11.5 Å². The molecular weight excluding hydrogens is 563 g/mol. The number of carbonyl (C=O) groups excluding carboxylic acids is 1. The number of unbranched alkanes of at least 4 members (excludes halogenated alkanes) is 6. The quantitative estimate of drug-likeness (QED) is 0.0611. The van der Waals surface area contributed by atoms with Crippen LogP contribution in [0.4, 0.5) is 0 Å². The van der Waals surface area contributed by atoms with Crippen molar-refractivity contribution in [3.8, 4) is 11.5 Å². The van der Waals surface area contributed by atoms with Gasteiger partial charge in [0.05, 0.1) is 6.61 Å². The molecule has 0 aliphatic heterocycles. The zero-order valence-corrected chi connectivity index (χ0v) is 27.9. The lowest BCUT2D eigenvalue weighted by Gasteiger charge is -2.39. The number of allylic oxidation sites excluding steroid dienone is 3. The van der Waals surface area contributed by atoms with E-state index in [1.807, 2.05) is 13.0 Å². The van der Waals surface area contributed by atoms with Gasteiger partial charge in [0.2, 0.25) is 0 Å². The molecule has 0 heterocycles. The summed E-state index contributed by atoms with van der Waals surface area (Å²) >= 11 is 0. The molecule has 3 rings (SSSR count). The molecule has 0 saturated heterocycles. The van der Waals surface area contributed by atoms with Gasteiger partial charge in [-0.2, -0.15) is 0 Å². The van der Waals surface area contributed by atoms with Crippen molar-refractivity contribution in [2.45, 2.75) is 142 Å². The van der Waals surface area contributed by atoms with E-state index in [4.69, 9.17) is 13.8 Å². The van der Waals surface area contributed by atoms with Crippen LogP contribution < -0.4 is 9.63 Å². The van der Waals surface area contributed by atoms with E-state index in [1.54, 1.807) is 6.07 Å². The molecule has 2 aliphatic rings. The number of hydrogen-bond acceptors (Lipinski definition) is 7. The van der Waals surface area contributed by atoms with Gasteiger partial charge in [-0.25, -0.2) is 4.79 Å². The zero-order valence-electron chi connectivity index (χ0n) is 27.0. The molecule has 242 valence electrons. The molecule has 3 atom stereocenters. The lowest BCUT2D eigenvalue weighted by molar-refractivity contribution is -0.240. The first-order chi connectivity index (χ1) is 20.5. The van der Waals surface area contributed by atoms with Crippen LogP contribution in [0.1, 0.15) is 141 Å². The van der Waals surface area contributed by atoms with Crippen LogP contribution in [0.15, 0.2) is 35.9 Å². The number of carbonyl (C=O) groups is 1. The molecule has 1 unspecified atom stereocenters. The minimum Gasteiger partial charge on any atom is -0.756 e. The minimum absolute atomic E-state index is 0.0309. The van der Waals surface area contributed by atoms with Gasteiger partial charge in [0, 0.05) is 11.5 Å². The number of phenols is 1. The van der Waals surface area contributed by atoms with Crippen molar-refractivity contribution in [2.75, 3.05) is 6.61 Å². The van der Waals surface area contributed by atoms with Gasteiger partial charge in [0.25, 0.3) is 7.82 Å². The fourth-order valence-electron chi connectivity index (χ4n) is 6.49. The summed E-state index contributed by atoms with van der Waals surface area (Å²) in [5, 5.41) is 11.4. The molecular formula is C35H54O7P-. The third-order valence-corrected chi connectivity index (χ3v) is 10.1. The lowest BCUT2D eigenvalue weighted by atomic mass is 9.73. The van der Waals surface area contributed by atoms with Crippen molar-refractivity contribution >= 4 is 13.8 Å². The fourth-order valence-corrected chi connectivity index (χ4v) is 7.58. The largest absolute Gasteiger partial charge is 0.756 e. The number of phosphoric ester groups is 1. The Hall–Kier alpha value is -1.92. The molecule has 43 heavy (non-hydrogen) atoms. The summed E-state index contributed by atoms with van der Waals surface area (Å²) in [6.45, 7) is 12.6. The molecule has 1 aromatic rings. The van der Waals surface area contributed by atoms with Gasteiger partial charge < -0.3 is 19.3 Å². The van der Waals surface area contributed by atoms with Crippen molar-refractivity contribution in [3.63, 3.8) is 0 Å². The standard InChI is InChI=1S/C35H55O7P/c1-6-8-10-11-16-22-40-43(38,39)42-35(20-14-12-15-21-35)34(37)41-32-25-28(17-13-9-7-2)24-31(36)33(32)30-23-27(5)18-19-29(30)26(3)4/h23-25,29-30,36H,3,6-22H2,1-2,4-5H3,(H,38,39)/p-1/t29-,30+/m0/s1. The van der Waals surface area contributed by atoms with Crippen LogP contribution in [0, 0.1) is 5.92 Å². The predicted octanol–water partition coefficient (Wildman–Crippen LogP) is 9.22. The first kappa shape index (κ1) is 35.6. The number of aromatic hydroxyl groups is 1. The summed E-state index contributed by atoms with van der Waals surface area (Å²) in [4.78, 5) is 27.0. The maximum atomic E-state index is 14.0. The number of esters is 1. The van der Waals surface area contributed by atoms with Crippen LogP contribution in [0.2, 0.25) is 0 Å².